The Labute approximate surface area is 116 Å². The van der Waals surface area contributed by atoms with Crippen LogP contribution < -0.4 is 10.1 Å². The standard InChI is InChI=1S/C14H18BrNO2/c1-3-14(6-7-14)9-16-13(17)10-4-5-12(18-2)11(15)8-10/h4-5,8H,3,6-7,9H2,1-2H3,(H,16,17). The van der Waals surface area contributed by atoms with E-state index in [0.717, 1.165) is 23.2 Å². The molecule has 1 N–H and O–H groups in total. The third-order valence-electron chi connectivity index (χ3n) is 3.75. The summed E-state index contributed by atoms with van der Waals surface area (Å²) in [7, 11) is 1.61. The molecule has 4 heteroatoms. The van der Waals surface area contributed by atoms with Crippen LogP contribution in [0.5, 0.6) is 5.75 Å². The molecule has 0 radical (unpaired) electrons. The number of hydrogen-bond acceptors (Lipinski definition) is 2. The number of hydrogen-bond donors (Lipinski definition) is 1. The Bertz CT molecular complexity index is 455. The molecule has 0 heterocycles. The number of rotatable bonds is 5. The summed E-state index contributed by atoms with van der Waals surface area (Å²) in [4.78, 5) is 12.0. The van der Waals surface area contributed by atoms with Crippen molar-refractivity contribution in [3.8, 4) is 5.75 Å². The normalized spacial score (nSPS) is 16.2. The van der Waals surface area contributed by atoms with Gasteiger partial charge in [0.2, 0.25) is 0 Å². The Morgan fingerprint density at radius 2 is 2.22 bits per heavy atom. The monoisotopic (exact) mass is 311 g/mol. The number of methoxy groups -OCH3 is 1. The predicted octanol–water partition coefficient (Wildman–Crippen LogP) is 3.38. The molecule has 1 aliphatic carbocycles. The molecule has 0 aromatic heterocycles. The molecule has 18 heavy (non-hydrogen) atoms. The van der Waals surface area contributed by atoms with Gasteiger partial charge in [-0.25, -0.2) is 0 Å². The molecule has 1 amide bonds. The smallest absolute Gasteiger partial charge is 0.251 e. The SMILES string of the molecule is CCC1(CNC(=O)c2ccc(OC)c(Br)c2)CC1. The van der Waals surface area contributed by atoms with E-state index in [9.17, 15) is 4.79 Å². The molecule has 0 unspecified atom stereocenters. The first-order chi connectivity index (χ1) is 8.60. The molecule has 0 bridgehead atoms. The van der Waals surface area contributed by atoms with E-state index in [2.05, 4.69) is 28.2 Å². The average molecular weight is 312 g/mol. The highest BCUT2D eigenvalue weighted by Crippen LogP contribution is 2.47. The zero-order valence-electron chi connectivity index (χ0n) is 10.8. The van der Waals surface area contributed by atoms with E-state index in [-0.39, 0.29) is 5.91 Å². The highest BCUT2D eigenvalue weighted by Gasteiger charge is 2.40. The second kappa shape index (κ2) is 5.31. The van der Waals surface area contributed by atoms with Crippen molar-refractivity contribution in [1.82, 2.24) is 5.32 Å². The number of halogens is 1. The summed E-state index contributed by atoms with van der Waals surface area (Å²) < 4.78 is 5.94. The molecule has 0 saturated heterocycles. The molecule has 1 fully saturated rings. The van der Waals surface area contributed by atoms with Gasteiger partial charge in [0.15, 0.2) is 0 Å². The van der Waals surface area contributed by atoms with Gasteiger partial charge in [-0.3, -0.25) is 4.79 Å². The fourth-order valence-electron chi connectivity index (χ4n) is 2.01. The third kappa shape index (κ3) is 2.86. The molecule has 1 aliphatic rings. The number of benzene rings is 1. The molecule has 0 aliphatic heterocycles. The van der Waals surface area contributed by atoms with Gasteiger partial charge in [0.25, 0.3) is 5.91 Å². The lowest BCUT2D eigenvalue weighted by molar-refractivity contribution is 0.0944. The summed E-state index contributed by atoms with van der Waals surface area (Å²) in [5.41, 5.74) is 1.04. The van der Waals surface area contributed by atoms with Gasteiger partial charge in [-0.05, 0) is 58.8 Å². The molecule has 2 rings (SSSR count). The quantitative estimate of drug-likeness (QED) is 0.905. The van der Waals surface area contributed by atoms with E-state index in [1.165, 1.54) is 12.8 Å². The molecule has 0 atom stereocenters. The summed E-state index contributed by atoms with van der Waals surface area (Å²) in [5, 5.41) is 3.02. The van der Waals surface area contributed by atoms with Gasteiger partial charge in [0.1, 0.15) is 5.75 Å². The predicted molar refractivity (Wildman–Crippen MR) is 75.0 cm³/mol. The first-order valence-corrected chi connectivity index (χ1v) is 7.01. The van der Waals surface area contributed by atoms with Gasteiger partial charge in [-0.2, -0.15) is 0 Å². The summed E-state index contributed by atoms with van der Waals surface area (Å²) >= 11 is 3.39. The number of carbonyl (C=O) groups excluding carboxylic acids is 1. The highest BCUT2D eigenvalue weighted by molar-refractivity contribution is 9.10. The van der Waals surface area contributed by atoms with Gasteiger partial charge in [-0.1, -0.05) is 6.92 Å². The Morgan fingerprint density at radius 1 is 1.50 bits per heavy atom. The third-order valence-corrected chi connectivity index (χ3v) is 4.36. The maximum atomic E-state index is 12.0. The van der Waals surface area contributed by atoms with Crippen LogP contribution in [0.1, 0.15) is 36.5 Å². The van der Waals surface area contributed by atoms with Crippen molar-refractivity contribution in [3.05, 3.63) is 28.2 Å². The summed E-state index contributed by atoms with van der Waals surface area (Å²) in [5.74, 6) is 0.719. The van der Waals surface area contributed by atoms with Crippen LogP contribution in [0.25, 0.3) is 0 Å². The van der Waals surface area contributed by atoms with Gasteiger partial charge in [0, 0.05) is 12.1 Å². The van der Waals surface area contributed by atoms with E-state index in [0.29, 0.717) is 11.0 Å². The second-order valence-electron chi connectivity index (χ2n) is 4.89. The second-order valence-corrected chi connectivity index (χ2v) is 5.74. The van der Waals surface area contributed by atoms with Crippen molar-refractivity contribution >= 4 is 21.8 Å². The Hall–Kier alpha value is -1.03. The number of nitrogens with one attached hydrogen (secondary N) is 1. The lowest BCUT2D eigenvalue weighted by atomic mass is 10.0. The van der Waals surface area contributed by atoms with Gasteiger partial charge < -0.3 is 10.1 Å². The van der Waals surface area contributed by atoms with Crippen molar-refractivity contribution in [2.45, 2.75) is 26.2 Å². The summed E-state index contributed by atoms with van der Waals surface area (Å²) in [6.45, 7) is 2.97. The van der Waals surface area contributed by atoms with Gasteiger partial charge in [-0.15, -0.1) is 0 Å². The fraction of sp³-hybridized carbons (Fsp3) is 0.500. The van der Waals surface area contributed by atoms with Crippen LogP contribution in [0.3, 0.4) is 0 Å². The van der Waals surface area contributed by atoms with Gasteiger partial charge >= 0.3 is 0 Å². The zero-order chi connectivity index (χ0) is 13.2. The van der Waals surface area contributed by atoms with E-state index < -0.39 is 0 Å². The van der Waals surface area contributed by atoms with Crippen molar-refractivity contribution in [3.63, 3.8) is 0 Å². The van der Waals surface area contributed by atoms with Crippen LogP contribution in [0, 0.1) is 5.41 Å². The topological polar surface area (TPSA) is 38.3 Å². The maximum Gasteiger partial charge on any atom is 0.251 e. The minimum Gasteiger partial charge on any atom is -0.496 e. The minimum atomic E-state index is -0.0157. The average Bonchev–Trinajstić information content (AvgIpc) is 3.16. The van der Waals surface area contributed by atoms with E-state index >= 15 is 0 Å². The van der Waals surface area contributed by atoms with Crippen LogP contribution in [0.2, 0.25) is 0 Å². The minimum absolute atomic E-state index is 0.0157. The van der Waals surface area contributed by atoms with Gasteiger partial charge in [0.05, 0.1) is 11.6 Å². The molecule has 1 aromatic rings. The number of ether oxygens (including phenoxy) is 1. The molecule has 3 nitrogen and oxygen atoms in total. The molecular weight excluding hydrogens is 294 g/mol. The van der Waals surface area contributed by atoms with E-state index in [4.69, 9.17) is 4.74 Å². The Balaban J connectivity index is 1.98. The Morgan fingerprint density at radius 3 is 2.72 bits per heavy atom. The van der Waals surface area contributed by atoms with E-state index in [1.807, 2.05) is 0 Å². The first-order valence-electron chi connectivity index (χ1n) is 6.22. The maximum absolute atomic E-state index is 12.0. The molecule has 1 aromatic carbocycles. The van der Waals surface area contributed by atoms with E-state index in [1.54, 1.807) is 25.3 Å². The lowest BCUT2D eigenvalue weighted by Crippen LogP contribution is -2.29. The van der Waals surface area contributed by atoms with Crippen LogP contribution in [-0.2, 0) is 0 Å². The van der Waals surface area contributed by atoms with Crippen LogP contribution in [-0.4, -0.2) is 19.6 Å². The van der Waals surface area contributed by atoms with Crippen LogP contribution >= 0.6 is 15.9 Å². The van der Waals surface area contributed by atoms with Crippen molar-refractivity contribution in [1.29, 1.82) is 0 Å². The molecule has 1 saturated carbocycles. The first kappa shape index (κ1) is 13.4. The van der Waals surface area contributed by atoms with Crippen molar-refractivity contribution in [2.75, 3.05) is 13.7 Å². The fourth-order valence-corrected chi connectivity index (χ4v) is 2.55. The molecular formula is C14H18BrNO2. The van der Waals surface area contributed by atoms with Crippen LogP contribution in [0.4, 0.5) is 0 Å². The molecule has 0 spiro atoms. The highest BCUT2D eigenvalue weighted by atomic mass is 79.9. The van der Waals surface area contributed by atoms with Crippen molar-refractivity contribution in [2.24, 2.45) is 5.41 Å². The number of amides is 1. The van der Waals surface area contributed by atoms with Crippen LogP contribution in [0.15, 0.2) is 22.7 Å². The molecule has 98 valence electrons. The summed E-state index contributed by atoms with van der Waals surface area (Å²) in [6.07, 6.45) is 3.60. The number of carbonyl (C=O) groups is 1. The lowest BCUT2D eigenvalue weighted by Gasteiger charge is -2.13. The largest absolute Gasteiger partial charge is 0.496 e. The summed E-state index contributed by atoms with van der Waals surface area (Å²) in [6, 6.07) is 5.37. The van der Waals surface area contributed by atoms with Crippen molar-refractivity contribution < 1.29 is 9.53 Å². The zero-order valence-corrected chi connectivity index (χ0v) is 12.3. The Kier molecular flexibility index (Phi) is 3.95.